The van der Waals surface area contributed by atoms with Crippen LogP contribution in [0.4, 0.5) is 10.1 Å². The predicted octanol–water partition coefficient (Wildman–Crippen LogP) is 4.00. The minimum atomic E-state index is -0.471. The fourth-order valence-corrected chi connectivity index (χ4v) is 3.83. The Balaban J connectivity index is 1.57. The van der Waals surface area contributed by atoms with Crippen molar-refractivity contribution in [1.82, 2.24) is 9.78 Å². The first-order chi connectivity index (χ1) is 15.5. The molecular weight excluding hydrogens is 413 g/mol. The molecular formula is C24H24FN3O4. The number of amides is 1. The number of nitrogens with zero attached hydrogens (tertiary/aromatic N) is 2. The van der Waals surface area contributed by atoms with E-state index in [0.717, 1.165) is 48.2 Å². The minimum absolute atomic E-state index is 0.186. The van der Waals surface area contributed by atoms with E-state index in [4.69, 9.17) is 4.74 Å². The van der Waals surface area contributed by atoms with Crippen LogP contribution >= 0.6 is 0 Å². The van der Waals surface area contributed by atoms with Crippen molar-refractivity contribution in [1.29, 1.82) is 0 Å². The Bertz CT molecular complexity index is 1150. The Morgan fingerprint density at radius 1 is 1.12 bits per heavy atom. The normalized spacial score (nSPS) is 12.7. The number of nitrogens with one attached hydrogen (secondary N) is 1. The maximum Gasteiger partial charge on any atom is 0.343 e. The third kappa shape index (κ3) is 4.49. The van der Waals surface area contributed by atoms with Gasteiger partial charge in [0.1, 0.15) is 11.6 Å². The minimum Gasteiger partial charge on any atom is -0.482 e. The van der Waals surface area contributed by atoms with Gasteiger partial charge in [-0.15, -0.1) is 0 Å². The van der Waals surface area contributed by atoms with Gasteiger partial charge < -0.3 is 14.8 Å². The monoisotopic (exact) mass is 437 g/mol. The van der Waals surface area contributed by atoms with E-state index >= 15 is 0 Å². The van der Waals surface area contributed by atoms with Crippen LogP contribution in [0, 0.1) is 12.7 Å². The third-order valence-electron chi connectivity index (χ3n) is 5.50. The summed E-state index contributed by atoms with van der Waals surface area (Å²) >= 11 is 0. The summed E-state index contributed by atoms with van der Waals surface area (Å²) in [5.41, 5.74) is 4.46. The van der Waals surface area contributed by atoms with E-state index in [1.165, 1.54) is 19.2 Å². The Kier molecular flexibility index (Phi) is 6.20. The van der Waals surface area contributed by atoms with Crippen molar-refractivity contribution in [2.24, 2.45) is 0 Å². The zero-order valence-corrected chi connectivity index (χ0v) is 18.0. The van der Waals surface area contributed by atoms with Crippen LogP contribution in [0.1, 0.15) is 40.2 Å². The lowest BCUT2D eigenvalue weighted by molar-refractivity contribution is -0.142. The first kappa shape index (κ1) is 21.5. The van der Waals surface area contributed by atoms with E-state index in [2.05, 4.69) is 15.2 Å². The Morgan fingerprint density at radius 3 is 2.59 bits per heavy atom. The van der Waals surface area contributed by atoms with E-state index < -0.39 is 5.97 Å². The van der Waals surface area contributed by atoms with Crippen molar-refractivity contribution in [3.05, 3.63) is 70.8 Å². The van der Waals surface area contributed by atoms with Gasteiger partial charge in [-0.2, -0.15) is 5.10 Å². The standard InChI is InChI=1S/C24H24FN3O4/c1-15-13-18(32-14-22(29)31-2)11-12-20(15)26-24(30)23-19-5-3-4-6-21(19)28(27-23)17-9-7-16(25)8-10-17/h7-13H,3-6,14H2,1-2H3,(H,26,30). The topological polar surface area (TPSA) is 82.4 Å². The van der Waals surface area contributed by atoms with E-state index in [9.17, 15) is 14.0 Å². The summed E-state index contributed by atoms with van der Waals surface area (Å²) in [4.78, 5) is 24.4. The molecule has 0 radical (unpaired) electrons. The highest BCUT2D eigenvalue weighted by Crippen LogP contribution is 2.28. The largest absolute Gasteiger partial charge is 0.482 e. The quantitative estimate of drug-likeness (QED) is 0.590. The smallest absolute Gasteiger partial charge is 0.343 e. The molecule has 3 aromatic rings. The van der Waals surface area contributed by atoms with Crippen molar-refractivity contribution in [2.75, 3.05) is 19.0 Å². The van der Waals surface area contributed by atoms with Crippen molar-refractivity contribution in [3.8, 4) is 11.4 Å². The van der Waals surface area contributed by atoms with Gasteiger partial charge in [-0.1, -0.05) is 0 Å². The highest BCUT2D eigenvalue weighted by Gasteiger charge is 2.26. The molecule has 0 unspecified atom stereocenters. The molecule has 4 rings (SSSR count). The van der Waals surface area contributed by atoms with Crippen molar-refractivity contribution in [2.45, 2.75) is 32.6 Å². The first-order valence-electron chi connectivity index (χ1n) is 10.4. The van der Waals surface area contributed by atoms with Gasteiger partial charge in [-0.3, -0.25) is 4.79 Å². The maximum absolute atomic E-state index is 13.4. The molecule has 1 amide bonds. The summed E-state index contributed by atoms with van der Waals surface area (Å²) in [6.45, 7) is 1.65. The summed E-state index contributed by atoms with van der Waals surface area (Å²) in [6, 6.07) is 11.2. The van der Waals surface area contributed by atoms with Crippen LogP contribution < -0.4 is 10.1 Å². The zero-order chi connectivity index (χ0) is 22.7. The Morgan fingerprint density at radius 2 is 1.88 bits per heavy atom. The second kappa shape index (κ2) is 9.21. The Labute approximate surface area is 185 Å². The molecule has 0 aliphatic heterocycles. The lowest BCUT2D eigenvalue weighted by Gasteiger charge is -2.14. The highest BCUT2D eigenvalue weighted by molar-refractivity contribution is 6.04. The van der Waals surface area contributed by atoms with Gasteiger partial charge >= 0.3 is 5.97 Å². The van der Waals surface area contributed by atoms with Crippen molar-refractivity contribution < 1.29 is 23.5 Å². The summed E-state index contributed by atoms with van der Waals surface area (Å²) in [5, 5.41) is 7.53. The number of benzene rings is 2. The number of fused-ring (bicyclic) bond motifs is 1. The summed E-state index contributed by atoms with van der Waals surface area (Å²) in [7, 11) is 1.30. The molecule has 1 aliphatic carbocycles. The van der Waals surface area contributed by atoms with E-state index in [0.29, 0.717) is 17.1 Å². The number of halogens is 1. The molecule has 0 saturated carbocycles. The van der Waals surface area contributed by atoms with Crippen LogP contribution in [-0.4, -0.2) is 35.4 Å². The molecule has 0 saturated heterocycles. The molecule has 0 fully saturated rings. The average Bonchev–Trinajstić information content (AvgIpc) is 3.19. The number of rotatable bonds is 6. The number of anilines is 1. The average molecular weight is 437 g/mol. The lowest BCUT2D eigenvalue weighted by Crippen LogP contribution is -2.16. The lowest BCUT2D eigenvalue weighted by atomic mass is 9.95. The van der Waals surface area contributed by atoms with E-state index in [-0.39, 0.29) is 18.3 Å². The molecule has 1 aromatic heterocycles. The fourth-order valence-electron chi connectivity index (χ4n) is 3.83. The van der Waals surface area contributed by atoms with Gasteiger partial charge in [0.2, 0.25) is 0 Å². The molecule has 1 heterocycles. The summed E-state index contributed by atoms with van der Waals surface area (Å²) < 4.78 is 25.1. The van der Waals surface area contributed by atoms with E-state index in [1.54, 1.807) is 35.0 Å². The number of ether oxygens (including phenoxy) is 2. The zero-order valence-electron chi connectivity index (χ0n) is 18.0. The summed E-state index contributed by atoms with van der Waals surface area (Å²) in [5.74, 6) is -0.581. The van der Waals surface area contributed by atoms with Gasteiger partial charge in [0.15, 0.2) is 12.3 Å². The number of methoxy groups -OCH3 is 1. The SMILES string of the molecule is COC(=O)COc1ccc(NC(=O)c2nn(-c3ccc(F)cc3)c3c2CCCC3)c(C)c1. The molecule has 0 spiro atoms. The van der Waals surface area contributed by atoms with Crippen LogP contribution in [0.5, 0.6) is 5.75 Å². The number of hydrogen-bond donors (Lipinski definition) is 1. The molecule has 0 bridgehead atoms. The molecule has 7 nitrogen and oxygen atoms in total. The van der Waals surface area contributed by atoms with Crippen LogP contribution in [0.2, 0.25) is 0 Å². The molecule has 32 heavy (non-hydrogen) atoms. The summed E-state index contributed by atoms with van der Waals surface area (Å²) in [6.07, 6.45) is 3.61. The van der Waals surface area contributed by atoms with Crippen molar-refractivity contribution in [3.63, 3.8) is 0 Å². The van der Waals surface area contributed by atoms with Gasteiger partial charge in [0, 0.05) is 16.9 Å². The van der Waals surface area contributed by atoms with E-state index in [1.807, 2.05) is 6.92 Å². The number of aryl methyl sites for hydroxylation is 1. The molecule has 0 atom stereocenters. The fraction of sp³-hybridized carbons (Fsp3) is 0.292. The molecule has 1 N–H and O–H groups in total. The highest BCUT2D eigenvalue weighted by atomic mass is 19.1. The second-order valence-corrected chi connectivity index (χ2v) is 7.66. The van der Waals surface area contributed by atoms with Gasteiger partial charge in [-0.25, -0.2) is 13.9 Å². The van der Waals surface area contributed by atoms with Crippen LogP contribution in [0.25, 0.3) is 5.69 Å². The molecule has 1 aliphatic rings. The molecule has 2 aromatic carbocycles. The number of carbonyl (C=O) groups excluding carboxylic acids is 2. The number of aromatic nitrogens is 2. The second-order valence-electron chi connectivity index (χ2n) is 7.66. The number of hydrogen-bond acceptors (Lipinski definition) is 5. The third-order valence-corrected chi connectivity index (χ3v) is 5.50. The van der Waals surface area contributed by atoms with Gasteiger partial charge in [0.25, 0.3) is 5.91 Å². The van der Waals surface area contributed by atoms with Gasteiger partial charge in [-0.05, 0) is 80.6 Å². The number of esters is 1. The molecule has 166 valence electrons. The van der Waals surface area contributed by atoms with Crippen LogP contribution in [-0.2, 0) is 22.4 Å². The molecule has 8 heteroatoms. The first-order valence-corrected chi connectivity index (χ1v) is 10.4. The van der Waals surface area contributed by atoms with Gasteiger partial charge in [0.05, 0.1) is 12.8 Å². The predicted molar refractivity (Wildman–Crippen MR) is 117 cm³/mol. The Hall–Kier alpha value is -3.68. The van der Waals surface area contributed by atoms with Crippen molar-refractivity contribution >= 4 is 17.6 Å². The number of carbonyl (C=O) groups is 2. The van der Waals surface area contributed by atoms with Crippen LogP contribution in [0.15, 0.2) is 42.5 Å². The van der Waals surface area contributed by atoms with Crippen LogP contribution in [0.3, 0.4) is 0 Å². The maximum atomic E-state index is 13.4.